The van der Waals surface area contributed by atoms with Gasteiger partial charge in [-0.1, -0.05) is 59.8 Å². The summed E-state index contributed by atoms with van der Waals surface area (Å²) in [6.45, 7) is 2.00. The third kappa shape index (κ3) is 4.09. The van der Waals surface area contributed by atoms with Gasteiger partial charge < -0.3 is 0 Å². The Hall–Kier alpha value is -3.19. The lowest BCUT2D eigenvalue weighted by Crippen LogP contribution is -2.22. The quantitative estimate of drug-likeness (QED) is 0.138. The van der Waals surface area contributed by atoms with Gasteiger partial charge in [-0.15, -0.1) is 11.3 Å². The monoisotopic (exact) mass is 528 g/mol. The van der Waals surface area contributed by atoms with Gasteiger partial charge in [-0.3, -0.25) is 14.2 Å². The number of rotatable bonds is 5. The van der Waals surface area contributed by atoms with Crippen LogP contribution in [0.15, 0.2) is 82.7 Å². The fourth-order valence-corrected chi connectivity index (χ4v) is 7.06. The van der Waals surface area contributed by atoms with Crippen LogP contribution >= 0.6 is 34.7 Å². The second-order valence-corrected chi connectivity index (χ2v) is 11.2. The topological polar surface area (TPSA) is 52.0 Å². The molecule has 0 unspecified atom stereocenters. The number of fused-ring (bicyclic) bond motifs is 5. The molecule has 0 radical (unpaired) electrons. The normalized spacial score (nSPS) is 12.4. The van der Waals surface area contributed by atoms with E-state index in [1.54, 1.807) is 40.2 Å². The zero-order valence-corrected chi connectivity index (χ0v) is 21.8. The third-order valence-electron chi connectivity index (χ3n) is 6.46. The summed E-state index contributed by atoms with van der Waals surface area (Å²) in [4.78, 5) is 33.8. The molecule has 0 N–H and O–H groups in total. The number of aryl methyl sites for hydroxylation is 3. The predicted octanol–water partition coefficient (Wildman–Crippen LogP) is 7.15. The third-order valence-corrected chi connectivity index (χ3v) is 8.81. The number of Topliss-reactive ketones (excluding diaryl/α,β-unsaturated/α-hetero) is 1. The zero-order valence-electron chi connectivity index (χ0n) is 19.5. The van der Waals surface area contributed by atoms with Crippen LogP contribution in [0.25, 0.3) is 26.3 Å². The molecule has 0 saturated heterocycles. The van der Waals surface area contributed by atoms with Gasteiger partial charge in [0.1, 0.15) is 4.83 Å². The fourth-order valence-electron chi connectivity index (χ4n) is 4.70. The van der Waals surface area contributed by atoms with E-state index in [2.05, 4.69) is 18.2 Å². The molecular weight excluding hydrogens is 508 g/mol. The molecule has 1 aliphatic carbocycles. The number of thiophene rings is 1. The van der Waals surface area contributed by atoms with Crippen molar-refractivity contribution in [3.8, 4) is 16.1 Å². The standard InChI is InChI=1S/C29H21ClN2O2S2/c1-17-5-4-7-21(15-17)32-28(34)25-23-14-11-18-6-2-3-8-22(18)26(23)36-27(25)31-29(32)35-16-24(33)19-9-12-20(30)13-10-19/h2-10,12-13,15H,11,14,16H2,1H3. The average Bonchev–Trinajstić information content (AvgIpc) is 3.27. The summed E-state index contributed by atoms with van der Waals surface area (Å²) in [7, 11) is 0. The van der Waals surface area contributed by atoms with Gasteiger partial charge in [0.25, 0.3) is 5.56 Å². The Morgan fingerprint density at radius 2 is 1.86 bits per heavy atom. The zero-order chi connectivity index (χ0) is 24.8. The van der Waals surface area contributed by atoms with E-state index in [0.29, 0.717) is 21.1 Å². The molecule has 0 fully saturated rings. The number of carbonyl (C=O) groups excluding carboxylic acids is 1. The van der Waals surface area contributed by atoms with Gasteiger partial charge in [0.15, 0.2) is 10.9 Å². The van der Waals surface area contributed by atoms with Gasteiger partial charge in [-0.25, -0.2) is 4.98 Å². The molecular formula is C29H21ClN2O2S2. The Labute approximate surface area is 221 Å². The Kier molecular flexibility index (Phi) is 6.04. The SMILES string of the molecule is Cc1cccc(-n2c(SCC(=O)c3ccc(Cl)cc3)nc3sc4c(c3c2=O)CCc2ccccc2-4)c1. The minimum atomic E-state index is -0.0797. The van der Waals surface area contributed by atoms with E-state index in [1.807, 2.05) is 37.3 Å². The van der Waals surface area contributed by atoms with Crippen LogP contribution in [-0.4, -0.2) is 21.1 Å². The first kappa shape index (κ1) is 23.2. The van der Waals surface area contributed by atoms with Crippen molar-refractivity contribution in [1.29, 1.82) is 0 Å². The van der Waals surface area contributed by atoms with Crippen LogP contribution in [0.4, 0.5) is 0 Å². The van der Waals surface area contributed by atoms with Crippen LogP contribution in [0.5, 0.6) is 0 Å². The molecule has 36 heavy (non-hydrogen) atoms. The first-order chi connectivity index (χ1) is 17.5. The highest BCUT2D eigenvalue weighted by Gasteiger charge is 2.26. The van der Waals surface area contributed by atoms with Crippen LogP contribution in [0.2, 0.25) is 5.02 Å². The molecule has 0 bridgehead atoms. The summed E-state index contributed by atoms with van der Waals surface area (Å²) in [5.74, 6) is 0.125. The maximum Gasteiger partial charge on any atom is 0.267 e. The van der Waals surface area contributed by atoms with E-state index in [0.717, 1.165) is 39.4 Å². The number of halogens is 1. The van der Waals surface area contributed by atoms with Crippen LogP contribution in [-0.2, 0) is 12.8 Å². The van der Waals surface area contributed by atoms with Crippen LogP contribution in [0.3, 0.4) is 0 Å². The molecule has 7 heteroatoms. The number of aromatic nitrogens is 2. The van der Waals surface area contributed by atoms with E-state index in [-0.39, 0.29) is 17.1 Å². The molecule has 0 aliphatic heterocycles. The van der Waals surface area contributed by atoms with Gasteiger partial charge in [-0.05, 0) is 78.4 Å². The average molecular weight is 529 g/mol. The van der Waals surface area contributed by atoms with Gasteiger partial charge in [-0.2, -0.15) is 0 Å². The summed E-state index contributed by atoms with van der Waals surface area (Å²) in [5.41, 5.74) is 5.89. The minimum absolute atomic E-state index is 0.0405. The van der Waals surface area contributed by atoms with Crippen molar-refractivity contribution in [2.24, 2.45) is 0 Å². The van der Waals surface area contributed by atoms with Gasteiger partial charge in [0.05, 0.1) is 16.8 Å². The number of ketones is 1. The number of thioether (sulfide) groups is 1. The van der Waals surface area contributed by atoms with E-state index < -0.39 is 0 Å². The summed E-state index contributed by atoms with van der Waals surface area (Å²) in [5, 5.41) is 1.80. The van der Waals surface area contributed by atoms with Crippen molar-refractivity contribution in [2.75, 3.05) is 5.75 Å². The van der Waals surface area contributed by atoms with Gasteiger partial charge in [0, 0.05) is 15.5 Å². The van der Waals surface area contributed by atoms with E-state index in [9.17, 15) is 9.59 Å². The molecule has 1 aliphatic rings. The summed E-state index contributed by atoms with van der Waals surface area (Å²) >= 11 is 8.84. The van der Waals surface area contributed by atoms with Crippen molar-refractivity contribution in [1.82, 2.24) is 9.55 Å². The molecule has 5 aromatic rings. The van der Waals surface area contributed by atoms with Gasteiger partial charge in [0.2, 0.25) is 0 Å². The minimum Gasteiger partial charge on any atom is -0.293 e. The number of benzene rings is 3. The number of nitrogens with zero attached hydrogens (tertiary/aromatic N) is 2. The van der Waals surface area contributed by atoms with Crippen molar-refractivity contribution in [2.45, 2.75) is 24.9 Å². The largest absolute Gasteiger partial charge is 0.293 e. The van der Waals surface area contributed by atoms with Crippen LogP contribution < -0.4 is 5.56 Å². The molecule has 0 amide bonds. The highest BCUT2D eigenvalue weighted by atomic mass is 35.5. The molecule has 0 saturated carbocycles. The molecule has 6 rings (SSSR count). The summed E-state index contributed by atoms with van der Waals surface area (Å²) < 4.78 is 1.67. The highest BCUT2D eigenvalue weighted by molar-refractivity contribution is 7.99. The Morgan fingerprint density at radius 3 is 2.67 bits per heavy atom. The fraction of sp³-hybridized carbons (Fsp3) is 0.138. The lowest BCUT2D eigenvalue weighted by atomic mass is 9.90. The van der Waals surface area contributed by atoms with E-state index in [1.165, 1.54) is 22.9 Å². The first-order valence-electron chi connectivity index (χ1n) is 11.6. The lowest BCUT2D eigenvalue weighted by molar-refractivity contribution is 0.102. The van der Waals surface area contributed by atoms with Gasteiger partial charge >= 0.3 is 0 Å². The summed E-state index contributed by atoms with van der Waals surface area (Å²) in [6, 6.07) is 23.1. The molecule has 2 aromatic heterocycles. The second-order valence-electron chi connectivity index (χ2n) is 8.84. The molecule has 2 heterocycles. The Morgan fingerprint density at radius 1 is 1.06 bits per heavy atom. The number of carbonyl (C=O) groups is 1. The maximum absolute atomic E-state index is 14.1. The van der Waals surface area contributed by atoms with E-state index in [4.69, 9.17) is 16.6 Å². The molecule has 4 nitrogen and oxygen atoms in total. The second kappa shape index (κ2) is 9.36. The summed E-state index contributed by atoms with van der Waals surface area (Å²) in [6.07, 6.45) is 1.73. The van der Waals surface area contributed by atoms with Crippen LogP contribution in [0, 0.1) is 6.92 Å². The smallest absolute Gasteiger partial charge is 0.267 e. The molecule has 178 valence electrons. The number of hydrogen-bond donors (Lipinski definition) is 0. The Bertz CT molecular complexity index is 1700. The lowest BCUT2D eigenvalue weighted by Gasteiger charge is -2.16. The maximum atomic E-state index is 14.1. The van der Waals surface area contributed by atoms with Crippen LogP contribution in [0.1, 0.15) is 27.0 Å². The first-order valence-corrected chi connectivity index (χ1v) is 13.8. The molecule has 0 spiro atoms. The number of hydrogen-bond acceptors (Lipinski definition) is 5. The Balaban J connectivity index is 1.49. The molecule has 3 aromatic carbocycles. The van der Waals surface area contributed by atoms with E-state index >= 15 is 0 Å². The highest BCUT2D eigenvalue weighted by Crippen LogP contribution is 2.42. The predicted molar refractivity (Wildman–Crippen MR) is 149 cm³/mol. The molecule has 0 atom stereocenters. The van der Waals surface area contributed by atoms with Crippen molar-refractivity contribution < 1.29 is 4.79 Å². The van der Waals surface area contributed by atoms with Crippen molar-refractivity contribution >= 4 is 50.7 Å². The van der Waals surface area contributed by atoms with Crippen molar-refractivity contribution in [3.63, 3.8) is 0 Å². The van der Waals surface area contributed by atoms with Crippen molar-refractivity contribution in [3.05, 3.63) is 110 Å².